The lowest BCUT2D eigenvalue weighted by Crippen LogP contribution is -2.37. The molecule has 1 amide bonds. The summed E-state index contributed by atoms with van der Waals surface area (Å²) < 4.78 is 6.97. The van der Waals surface area contributed by atoms with Gasteiger partial charge in [0.15, 0.2) is 11.5 Å². The molecule has 0 unspecified atom stereocenters. The normalized spacial score (nSPS) is 13.4. The predicted octanol–water partition coefficient (Wildman–Crippen LogP) is 2.12. The first-order valence-electron chi connectivity index (χ1n) is 8.59. The molecule has 1 N–H and O–H groups in total. The molecule has 27 heavy (non-hydrogen) atoms. The van der Waals surface area contributed by atoms with Crippen molar-refractivity contribution in [3.05, 3.63) is 70.7 Å². The molecule has 0 fully saturated rings. The van der Waals surface area contributed by atoms with E-state index in [-0.39, 0.29) is 23.9 Å². The van der Waals surface area contributed by atoms with E-state index in [1.807, 2.05) is 18.2 Å². The Kier molecular flexibility index (Phi) is 4.23. The second-order valence-corrected chi connectivity index (χ2v) is 6.47. The van der Waals surface area contributed by atoms with Crippen molar-refractivity contribution in [2.75, 3.05) is 6.54 Å². The summed E-state index contributed by atoms with van der Waals surface area (Å²) in [4.78, 5) is 30.3. The maximum absolute atomic E-state index is 12.7. The van der Waals surface area contributed by atoms with Crippen molar-refractivity contribution in [1.29, 1.82) is 0 Å². The highest BCUT2D eigenvalue weighted by Gasteiger charge is 2.31. The van der Waals surface area contributed by atoms with Crippen LogP contribution >= 0.6 is 0 Å². The number of furan rings is 1. The number of nitrogens with zero attached hydrogens (tertiary/aromatic N) is 4. The third kappa shape index (κ3) is 3.10. The molecule has 4 rings (SSSR count). The van der Waals surface area contributed by atoms with E-state index < -0.39 is 5.97 Å². The Bertz CT molecular complexity index is 1010. The second kappa shape index (κ2) is 6.71. The molecule has 0 aromatic carbocycles. The van der Waals surface area contributed by atoms with Crippen LogP contribution in [-0.2, 0) is 19.5 Å². The van der Waals surface area contributed by atoms with Crippen molar-refractivity contribution >= 4 is 11.9 Å². The van der Waals surface area contributed by atoms with Gasteiger partial charge in [-0.05, 0) is 25.1 Å². The highest BCUT2D eigenvalue weighted by atomic mass is 16.4. The predicted molar refractivity (Wildman–Crippen MR) is 94.4 cm³/mol. The molecule has 0 atom stereocenters. The fourth-order valence-electron chi connectivity index (χ4n) is 3.35. The van der Waals surface area contributed by atoms with Gasteiger partial charge in [0.05, 0.1) is 25.0 Å². The Morgan fingerprint density at radius 3 is 2.81 bits per heavy atom. The van der Waals surface area contributed by atoms with E-state index in [4.69, 9.17) is 4.42 Å². The van der Waals surface area contributed by atoms with Crippen LogP contribution in [0.3, 0.4) is 0 Å². The zero-order chi connectivity index (χ0) is 19.0. The molecule has 138 valence electrons. The van der Waals surface area contributed by atoms with Crippen molar-refractivity contribution in [2.45, 2.75) is 26.4 Å². The van der Waals surface area contributed by atoms with E-state index in [1.54, 1.807) is 28.8 Å². The van der Waals surface area contributed by atoms with Crippen LogP contribution < -0.4 is 0 Å². The molecule has 3 aromatic heterocycles. The van der Waals surface area contributed by atoms with E-state index in [2.05, 4.69) is 10.1 Å². The van der Waals surface area contributed by atoms with Gasteiger partial charge in [0, 0.05) is 36.0 Å². The van der Waals surface area contributed by atoms with Gasteiger partial charge in [0.25, 0.3) is 5.91 Å². The molecule has 8 nitrogen and oxygen atoms in total. The van der Waals surface area contributed by atoms with Crippen LogP contribution in [0.25, 0.3) is 0 Å². The van der Waals surface area contributed by atoms with Gasteiger partial charge < -0.3 is 14.4 Å². The van der Waals surface area contributed by atoms with Crippen molar-refractivity contribution < 1.29 is 19.1 Å². The lowest BCUT2D eigenvalue weighted by atomic mass is 10.0. The second-order valence-electron chi connectivity index (χ2n) is 6.47. The van der Waals surface area contributed by atoms with Crippen LogP contribution in [0.15, 0.2) is 41.1 Å². The molecule has 0 radical (unpaired) electrons. The zero-order valence-electron chi connectivity index (χ0n) is 14.8. The minimum atomic E-state index is -1.10. The van der Waals surface area contributed by atoms with Crippen LogP contribution in [0.4, 0.5) is 0 Å². The number of aromatic carboxylic acids is 1. The average molecular weight is 366 g/mol. The highest BCUT2D eigenvalue weighted by Crippen LogP contribution is 2.25. The van der Waals surface area contributed by atoms with Crippen LogP contribution in [0.5, 0.6) is 0 Å². The number of hydrogen-bond acceptors (Lipinski definition) is 5. The number of hydrogen-bond donors (Lipinski definition) is 1. The summed E-state index contributed by atoms with van der Waals surface area (Å²) in [6.07, 6.45) is 3.69. The third-order valence-electron chi connectivity index (χ3n) is 4.72. The van der Waals surface area contributed by atoms with Gasteiger partial charge in [-0.3, -0.25) is 14.5 Å². The Balaban J connectivity index is 1.65. The van der Waals surface area contributed by atoms with Crippen LogP contribution in [-0.4, -0.2) is 43.2 Å². The fourth-order valence-corrected chi connectivity index (χ4v) is 3.35. The summed E-state index contributed by atoms with van der Waals surface area (Å²) in [7, 11) is 0. The third-order valence-corrected chi connectivity index (χ3v) is 4.72. The highest BCUT2D eigenvalue weighted by molar-refractivity contribution is 5.93. The average Bonchev–Trinajstić information content (AvgIpc) is 3.25. The monoisotopic (exact) mass is 366 g/mol. The first-order chi connectivity index (χ1) is 13.0. The van der Waals surface area contributed by atoms with Gasteiger partial charge in [0.2, 0.25) is 0 Å². The molecule has 3 aromatic rings. The molecule has 1 aliphatic heterocycles. The molecule has 0 aliphatic carbocycles. The minimum absolute atomic E-state index is 0.0189. The summed E-state index contributed by atoms with van der Waals surface area (Å²) >= 11 is 0. The van der Waals surface area contributed by atoms with Crippen LogP contribution in [0.1, 0.15) is 43.6 Å². The quantitative estimate of drug-likeness (QED) is 0.759. The number of carbonyl (C=O) groups excluding carboxylic acids is 1. The number of carboxylic acids is 1. The van der Waals surface area contributed by atoms with Crippen LogP contribution in [0, 0.1) is 6.92 Å². The van der Waals surface area contributed by atoms with Gasteiger partial charge in [-0.25, -0.2) is 4.79 Å². The summed E-state index contributed by atoms with van der Waals surface area (Å²) in [6.45, 7) is 2.86. The minimum Gasteiger partial charge on any atom is -0.476 e. The number of carboxylic acid groups (broad SMARTS) is 1. The van der Waals surface area contributed by atoms with Gasteiger partial charge in [-0.15, -0.1) is 0 Å². The van der Waals surface area contributed by atoms with E-state index in [1.165, 1.54) is 6.26 Å². The summed E-state index contributed by atoms with van der Waals surface area (Å²) in [5.41, 5.74) is 2.94. The van der Waals surface area contributed by atoms with E-state index in [0.29, 0.717) is 25.1 Å². The topological polar surface area (TPSA) is 101 Å². The molecule has 0 bridgehead atoms. The first-order valence-corrected chi connectivity index (χ1v) is 8.59. The molecular weight excluding hydrogens is 348 g/mol. The van der Waals surface area contributed by atoms with Gasteiger partial charge in [-0.1, -0.05) is 6.07 Å². The van der Waals surface area contributed by atoms with E-state index >= 15 is 0 Å². The molecule has 8 heteroatoms. The van der Waals surface area contributed by atoms with Gasteiger partial charge in [-0.2, -0.15) is 5.10 Å². The van der Waals surface area contributed by atoms with E-state index in [0.717, 1.165) is 17.0 Å². The summed E-state index contributed by atoms with van der Waals surface area (Å²) in [5, 5.41) is 13.8. The first kappa shape index (κ1) is 17.0. The van der Waals surface area contributed by atoms with Gasteiger partial charge >= 0.3 is 5.97 Å². The Labute approximate surface area is 155 Å². The Hall–Kier alpha value is -3.42. The number of pyridine rings is 1. The lowest BCUT2D eigenvalue weighted by molar-refractivity contribution is 0.0665. The number of rotatable bonds is 4. The fraction of sp³-hybridized carbons (Fsp3) is 0.263. The van der Waals surface area contributed by atoms with E-state index in [9.17, 15) is 14.7 Å². The number of amides is 1. The zero-order valence-corrected chi connectivity index (χ0v) is 14.8. The molecule has 0 spiro atoms. The largest absolute Gasteiger partial charge is 0.476 e. The SMILES string of the molecule is Cc1ccoc1C(=O)N1CCc2c(c(C(=O)O)nn2Cc2ccccn2)C1. The maximum atomic E-state index is 12.7. The number of carbonyl (C=O) groups is 2. The van der Waals surface area contributed by atoms with Crippen molar-refractivity contribution in [3.8, 4) is 0 Å². The molecular formula is C19H18N4O4. The Morgan fingerprint density at radius 2 is 2.15 bits per heavy atom. The summed E-state index contributed by atoms with van der Waals surface area (Å²) in [5.74, 6) is -1.05. The maximum Gasteiger partial charge on any atom is 0.356 e. The molecule has 0 saturated heterocycles. The van der Waals surface area contributed by atoms with Crippen molar-refractivity contribution in [3.63, 3.8) is 0 Å². The van der Waals surface area contributed by atoms with Crippen LogP contribution in [0.2, 0.25) is 0 Å². The van der Waals surface area contributed by atoms with Crippen molar-refractivity contribution in [1.82, 2.24) is 19.7 Å². The molecule has 1 aliphatic rings. The smallest absolute Gasteiger partial charge is 0.356 e. The van der Waals surface area contributed by atoms with Crippen molar-refractivity contribution in [2.24, 2.45) is 0 Å². The number of aromatic nitrogens is 3. The molecule has 4 heterocycles. The lowest BCUT2D eigenvalue weighted by Gasteiger charge is -2.27. The number of fused-ring (bicyclic) bond motifs is 1. The number of aryl methyl sites for hydroxylation is 1. The van der Waals surface area contributed by atoms with Gasteiger partial charge in [0.1, 0.15) is 0 Å². The Morgan fingerprint density at radius 1 is 1.30 bits per heavy atom. The standard InChI is InChI=1S/C19H18N4O4/c1-12-6-9-27-17(12)18(24)22-8-5-15-14(11-22)16(19(25)26)21-23(15)10-13-4-2-3-7-20-13/h2-4,6-7,9H,5,8,10-11H2,1H3,(H,25,26). The molecule has 0 saturated carbocycles. The summed E-state index contributed by atoms with van der Waals surface area (Å²) in [6, 6.07) is 7.30.